The van der Waals surface area contributed by atoms with Crippen LogP contribution in [0.25, 0.3) is 6.08 Å². The van der Waals surface area contributed by atoms with Crippen molar-refractivity contribution >= 4 is 18.1 Å². The Morgan fingerprint density at radius 1 is 0.926 bits per heavy atom. The van der Waals surface area contributed by atoms with Crippen LogP contribution in [-0.2, 0) is 19.0 Å². The van der Waals surface area contributed by atoms with E-state index in [-0.39, 0.29) is 5.91 Å². The first kappa shape index (κ1) is 22.7. The SMILES string of the molecule is CC(C)(C)OC(=O)NCCOCCOCCNC(=O)C=Cc1ccccc1. The van der Waals surface area contributed by atoms with Crippen molar-refractivity contribution in [3.63, 3.8) is 0 Å². The minimum Gasteiger partial charge on any atom is -0.444 e. The molecule has 1 aromatic rings. The molecule has 0 unspecified atom stereocenters. The van der Waals surface area contributed by atoms with Crippen LogP contribution in [0.5, 0.6) is 0 Å². The molecule has 0 fully saturated rings. The predicted molar refractivity (Wildman–Crippen MR) is 104 cm³/mol. The summed E-state index contributed by atoms with van der Waals surface area (Å²) in [5, 5.41) is 5.35. The fraction of sp³-hybridized carbons (Fsp3) is 0.500. The summed E-state index contributed by atoms with van der Waals surface area (Å²) in [7, 11) is 0. The summed E-state index contributed by atoms with van der Waals surface area (Å²) < 4.78 is 15.8. The summed E-state index contributed by atoms with van der Waals surface area (Å²) in [5.74, 6) is -0.160. The van der Waals surface area contributed by atoms with Gasteiger partial charge in [0, 0.05) is 19.2 Å². The highest BCUT2D eigenvalue weighted by Gasteiger charge is 2.15. The molecule has 7 heteroatoms. The molecule has 0 aliphatic rings. The zero-order chi connectivity index (χ0) is 20.0. The van der Waals surface area contributed by atoms with Gasteiger partial charge in [-0.2, -0.15) is 0 Å². The Balaban J connectivity index is 1.92. The lowest BCUT2D eigenvalue weighted by Crippen LogP contribution is -2.34. The summed E-state index contributed by atoms with van der Waals surface area (Å²) in [6, 6.07) is 9.62. The van der Waals surface area contributed by atoms with Gasteiger partial charge in [-0.25, -0.2) is 4.79 Å². The highest BCUT2D eigenvalue weighted by molar-refractivity contribution is 5.91. The normalized spacial score (nSPS) is 11.4. The molecule has 0 radical (unpaired) electrons. The van der Waals surface area contributed by atoms with E-state index in [9.17, 15) is 9.59 Å². The second kappa shape index (κ2) is 12.9. The third-order valence-electron chi connectivity index (χ3n) is 3.06. The van der Waals surface area contributed by atoms with Gasteiger partial charge in [0.25, 0.3) is 0 Å². The Morgan fingerprint density at radius 2 is 1.52 bits per heavy atom. The number of nitrogens with one attached hydrogen (secondary N) is 2. The van der Waals surface area contributed by atoms with Gasteiger partial charge in [0.05, 0.1) is 26.4 Å². The van der Waals surface area contributed by atoms with E-state index in [0.29, 0.717) is 39.5 Å². The number of benzene rings is 1. The molecule has 1 aromatic carbocycles. The molecule has 0 heterocycles. The van der Waals surface area contributed by atoms with E-state index >= 15 is 0 Å². The van der Waals surface area contributed by atoms with Crippen molar-refractivity contribution in [3.05, 3.63) is 42.0 Å². The van der Waals surface area contributed by atoms with Gasteiger partial charge in [-0.05, 0) is 32.4 Å². The van der Waals surface area contributed by atoms with Gasteiger partial charge < -0.3 is 24.8 Å². The van der Waals surface area contributed by atoms with Crippen molar-refractivity contribution in [1.29, 1.82) is 0 Å². The minimum absolute atomic E-state index is 0.160. The van der Waals surface area contributed by atoms with Crippen LogP contribution in [0.4, 0.5) is 4.79 Å². The van der Waals surface area contributed by atoms with Gasteiger partial charge in [-0.15, -0.1) is 0 Å². The van der Waals surface area contributed by atoms with Gasteiger partial charge in [-0.3, -0.25) is 4.79 Å². The second-order valence-corrected chi connectivity index (χ2v) is 6.69. The maximum absolute atomic E-state index is 11.6. The van der Waals surface area contributed by atoms with E-state index in [1.807, 2.05) is 51.1 Å². The number of hydrogen-bond acceptors (Lipinski definition) is 5. The van der Waals surface area contributed by atoms with Crippen molar-refractivity contribution < 1.29 is 23.8 Å². The summed E-state index contributed by atoms with van der Waals surface area (Å²) in [6.07, 6.45) is 2.80. The predicted octanol–water partition coefficient (Wildman–Crippen LogP) is 2.37. The summed E-state index contributed by atoms with van der Waals surface area (Å²) in [4.78, 5) is 23.0. The van der Waals surface area contributed by atoms with Crippen LogP contribution in [0.15, 0.2) is 36.4 Å². The van der Waals surface area contributed by atoms with Crippen LogP contribution in [0.2, 0.25) is 0 Å². The first-order valence-electron chi connectivity index (χ1n) is 9.00. The van der Waals surface area contributed by atoms with Crippen LogP contribution in [-0.4, -0.2) is 57.1 Å². The molecule has 27 heavy (non-hydrogen) atoms. The molecule has 0 aliphatic heterocycles. The van der Waals surface area contributed by atoms with E-state index in [1.165, 1.54) is 6.08 Å². The molecule has 0 atom stereocenters. The number of rotatable bonds is 11. The number of ether oxygens (including phenoxy) is 3. The van der Waals surface area contributed by atoms with Crippen molar-refractivity contribution in [2.45, 2.75) is 26.4 Å². The van der Waals surface area contributed by atoms with E-state index in [1.54, 1.807) is 6.08 Å². The van der Waals surface area contributed by atoms with Crippen LogP contribution in [0.3, 0.4) is 0 Å². The van der Waals surface area contributed by atoms with Gasteiger partial charge >= 0.3 is 6.09 Å². The lowest BCUT2D eigenvalue weighted by molar-refractivity contribution is -0.116. The van der Waals surface area contributed by atoms with Gasteiger partial charge in [0.2, 0.25) is 5.91 Å². The van der Waals surface area contributed by atoms with Crippen LogP contribution < -0.4 is 10.6 Å². The number of carbonyl (C=O) groups is 2. The van der Waals surface area contributed by atoms with E-state index in [2.05, 4.69) is 10.6 Å². The third kappa shape index (κ3) is 13.5. The van der Waals surface area contributed by atoms with Crippen LogP contribution in [0.1, 0.15) is 26.3 Å². The molecule has 2 amide bonds. The Hall–Kier alpha value is -2.38. The van der Waals surface area contributed by atoms with E-state index in [4.69, 9.17) is 14.2 Å². The summed E-state index contributed by atoms with van der Waals surface area (Å²) in [5.41, 5.74) is 0.466. The Labute approximate surface area is 161 Å². The molecule has 0 aromatic heterocycles. The molecular formula is C20H30N2O5. The molecule has 2 N–H and O–H groups in total. The quantitative estimate of drug-likeness (QED) is 0.456. The lowest BCUT2D eigenvalue weighted by Gasteiger charge is -2.19. The second-order valence-electron chi connectivity index (χ2n) is 6.69. The average molecular weight is 378 g/mol. The maximum atomic E-state index is 11.6. The molecule has 0 saturated carbocycles. The molecular weight excluding hydrogens is 348 g/mol. The Morgan fingerprint density at radius 3 is 2.11 bits per heavy atom. The largest absolute Gasteiger partial charge is 0.444 e. The lowest BCUT2D eigenvalue weighted by atomic mass is 10.2. The van der Waals surface area contributed by atoms with Crippen LogP contribution >= 0.6 is 0 Å². The molecule has 0 saturated heterocycles. The topological polar surface area (TPSA) is 85.9 Å². The van der Waals surface area contributed by atoms with E-state index < -0.39 is 11.7 Å². The molecule has 150 valence electrons. The fourth-order valence-corrected chi connectivity index (χ4v) is 1.90. The van der Waals surface area contributed by atoms with Gasteiger partial charge in [0.15, 0.2) is 0 Å². The molecule has 1 rings (SSSR count). The Kier molecular flexibility index (Phi) is 10.8. The number of carbonyl (C=O) groups excluding carboxylic acids is 2. The van der Waals surface area contributed by atoms with Crippen molar-refractivity contribution in [2.24, 2.45) is 0 Å². The highest BCUT2D eigenvalue weighted by atomic mass is 16.6. The fourth-order valence-electron chi connectivity index (χ4n) is 1.90. The minimum atomic E-state index is -0.508. The van der Waals surface area contributed by atoms with Crippen molar-refractivity contribution in [3.8, 4) is 0 Å². The average Bonchev–Trinajstić information content (AvgIpc) is 2.61. The molecule has 0 spiro atoms. The monoisotopic (exact) mass is 378 g/mol. The summed E-state index contributed by atoms with van der Waals surface area (Å²) in [6.45, 7) is 7.85. The molecule has 7 nitrogen and oxygen atoms in total. The van der Waals surface area contributed by atoms with Crippen molar-refractivity contribution in [1.82, 2.24) is 10.6 Å². The van der Waals surface area contributed by atoms with Gasteiger partial charge in [-0.1, -0.05) is 30.3 Å². The Bertz CT molecular complexity index is 582. The maximum Gasteiger partial charge on any atom is 0.407 e. The number of alkyl carbamates (subject to hydrolysis) is 1. The summed E-state index contributed by atoms with van der Waals surface area (Å²) >= 11 is 0. The molecule has 0 bridgehead atoms. The first-order valence-corrected chi connectivity index (χ1v) is 9.00. The number of amides is 2. The first-order chi connectivity index (χ1) is 12.9. The number of hydrogen-bond donors (Lipinski definition) is 2. The smallest absolute Gasteiger partial charge is 0.407 e. The third-order valence-corrected chi connectivity index (χ3v) is 3.06. The van der Waals surface area contributed by atoms with Gasteiger partial charge in [0.1, 0.15) is 5.60 Å². The van der Waals surface area contributed by atoms with Crippen LogP contribution in [0, 0.1) is 0 Å². The highest BCUT2D eigenvalue weighted by Crippen LogP contribution is 2.06. The van der Waals surface area contributed by atoms with Crippen molar-refractivity contribution in [2.75, 3.05) is 39.5 Å². The zero-order valence-electron chi connectivity index (χ0n) is 16.3. The zero-order valence-corrected chi connectivity index (χ0v) is 16.3. The molecule has 0 aliphatic carbocycles. The van der Waals surface area contributed by atoms with E-state index in [0.717, 1.165) is 5.56 Å². The standard InChI is InChI=1S/C20H30N2O5/c1-20(2,3)27-19(24)22-12-14-26-16-15-25-13-11-21-18(23)10-9-17-7-5-4-6-8-17/h4-10H,11-16H2,1-3H3,(H,21,23)(H,22,24).